The van der Waals surface area contributed by atoms with E-state index < -0.39 is 0 Å². The van der Waals surface area contributed by atoms with Gasteiger partial charge >= 0.3 is 0 Å². The summed E-state index contributed by atoms with van der Waals surface area (Å²) < 4.78 is 2.19. The lowest BCUT2D eigenvalue weighted by Gasteiger charge is -2.41. The van der Waals surface area contributed by atoms with Crippen LogP contribution in [0.2, 0.25) is 5.02 Å². The Labute approximate surface area is 206 Å². The summed E-state index contributed by atoms with van der Waals surface area (Å²) in [4.78, 5) is 22.4. The third-order valence-electron chi connectivity index (χ3n) is 7.19. The van der Waals surface area contributed by atoms with Crippen LogP contribution in [-0.2, 0) is 4.79 Å². The molecule has 3 aromatic rings. The number of benzene rings is 1. The Morgan fingerprint density at radius 3 is 2.59 bits per heavy atom. The molecule has 1 saturated carbocycles. The van der Waals surface area contributed by atoms with Gasteiger partial charge in [-0.2, -0.15) is 0 Å². The van der Waals surface area contributed by atoms with Crippen molar-refractivity contribution in [2.75, 3.05) is 24.5 Å². The topological polar surface area (TPSA) is 66.6 Å². The van der Waals surface area contributed by atoms with Crippen LogP contribution < -0.4 is 4.90 Å². The highest BCUT2D eigenvalue weighted by atomic mass is 35.5. The SMILES string of the molecule is CC1CN(c2nc3cc(Cl)ccc3c3nnc(C4CCCCC4)n23)CCN1C(=O)CC(C)(C)C. The molecule has 3 heterocycles. The number of carbonyl (C=O) groups excluding carboxylic acids is 1. The monoisotopic (exact) mass is 482 g/mol. The molecule has 2 fully saturated rings. The summed E-state index contributed by atoms with van der Waals surface area (Å²) in [6.45, 7) is 10.6. The maximum atomic E-state index is 13.0. The van der Waals surface area contributed by atoms with E-state index in [1.54, 1.807) is 0 Å². The first-order valence-corrected chi connectivity index (χ1v) is 13.0. The number of carbonyl (C=O) groups is 1. The molecule has 5 rings (SSSR count). The second kappa shape index (κ2) is 8.99. The molecule has 1 atom stereocenters. The molecule has 2 aliphatic rings. The number of amides is 1. The number of aromatic nitrogens is 4. The van der Waals surface area contributed by atoms with E-state index in [2.05, 4.69) is 42.1 Å². The van der Waals surface area contributed by atoms with Crippen LogP contribution in [0.5, 0.6) is 0 Å². The standard InChI is InChI=1S/C26H35ClN6O/c1-17-16-31(12-13-32(17)22(34)15-26(2,3)4)25-28-21-14-19(27)10-11-20(21)24-30-29-23(33(24)25)18-8-6-5-7-9-18/h10-11,14,17-18H,5-9,12-13,15-16H2,1-4H3. The maximum Gasteiger partial charge on any atom is 0.223 e. The van der Waals surface area contributed by atoms with Gasteiger partial charge in [-0.1, -0.05) is 51.6 Å². The third-order valence-corrected chi connectivity index (χ3v) is 7.43. The lowest BCUT2D eigenvalue weighted by molar-refractivity contribution is -0.135. The van der Waals surface area contributed by atoms with Crippen LogP contribution in [0.4, 0.5) is 5.95 Å². The van der Waals surface area contributed by atoms with Gasteiger partial charge in [0.05, 0.1) is 5.52 Å². The van der Waals surface area contributed by atoms with Gasteiger partial charge in [0.2, 0.25) is 11.9 Å². The molecule has 0 radical (unpaired) electrons. The number of hydrogen-bond donors (Lipinski definition) is 0. The number of halogens is 1. The van der Waals surface area contributed by atoms with Crippen LogP contribution in [0.1, 0.15) is 78.0 Å². The van der Waals surface area contributed by atoms with Crippen molar-refractivity contribution in [2.24, 2.45) is 5.41 Å². The summed E-state index contributed by atoms with van der Waals surface area (Å²) >= 11 is 6.32. The molecule has 1 aromatic carbocycles. The Morgan fingerprint density at radius 2 is 1.88 bits per heavy atom. The molecule has 0 N–H and O–H groups in total. The average Bonchev–Trinajstić information content (AvgIpc) is 3.23. The van der Waals surface area contributed by atoms with Crippen LogP contribution in [0.3, 0.4) is 0 Å². The van der Waals surface area contributed by atoms with Crippen LogP contribution >= 0.6 is 11.6 Å². The molecule has 8 heteroatoms. The van der Waals surface area contributed by atoms with E-state index in [1.807, 2.05) is 23.1 Å². The predicted molar refractivity (Wildman–Crippen MR) is 137 cm³/mol. The van der Waals surface area contributed by atoms with Crippen molar-refractivity contribution in [1.82, 2.24) is 24.5 Å². The maximum absolute atomic E-state index is 13.0. The number of piperazine rings is 1. The van der Waals surface area contributed by atoms with E-state index >= 15 is 0 Å². The Bertz CT molecular complexity index is 1210. The highest BCUT2D eigenvalue weighted by Crippen LogP contribution is 2.35. The van der Waals surface area contributed by atoms with Crippen LogP contribution in [-0.4, -0.2) is 56.1 Å². The van der Waals surface area contributed by atoms with Crippen LogP contribution in [0.15, 0.2) is 18.2 Å². The van der Waals surface area contributed by atoms with Gasteiger partial charge < -0.3 is 9.80 Å². The van der Waals surface area contributed by atoms with Gasteiger partial charge in [0.1, 0.15) is 5.82 Å². The van der Waals surface area contributed by atoms with Crippen molar-refractivity contribution >= 4 is 40.0 Å². The van der Waals surface area contributed by atoms with Gasteiger partial charge in [-0.25, -0.2) is 9.38 Å². The number of anilines is 1. The Hall–Kier alpha value is -2.41. The molecule has 2 aromatic heterocycles. The van der Waals surface area contributed by atoms with Crippen molar-refractivity contribution in [1.29, 1.82) is 0 Å². The molecule has 1 saturated heterocycles. The lowest BCUT2D eigenvalue weighted by Crippen LogP contribution is -2.55. The molecule has 1 aliphatic carbocycles. The quantitative estimate of drug-likeness (QED) is 0.496. The summed E-state index contributed by atoms with van der Waals surface area (Å²) in [5.74, 6) is 2.52. The second-order valence-electron chi connectivity index (χ2n) is 11.2. The average molecular weight is 483 g/mol. The van der Waals surface area contributed by atoms with Crippen molar-refractivity contribution < 1.29 is 4.79 Å². The highest BCUT2D eigenvalue weighted by Gasteiger charge is 2.32. The fraction of sp³-hybridized carbons (Fsp3) is 0.615. The van der Waals surface area contributed by atoms with Gasteiger partial charge in [0, 0.05) is 48.4 Å². The normalized spacial score (nSPS) is 20.4. The van der Waals surface area contributed by atoms with Gasteiger partial charge in [-0.15, -0.1) is 10.2 Å². The van der Waals surface area contributed by atoms with Gasteiger partial charge in [0.25, 0.3) is 0 Å². The number of nitrogens with zero attached hydrogens (tertiary/aromatic N) is 6. The third kappa shape index (κ3) is 4.47. The van der Waals surface area contributed by atoms with Gasteiger partial charge in [0.15, 0.2) is 5.65 Å². The van der Waals surface area contributed by atoms with E-state index in [0.29, 0.717) is 23.9 Å². The number of hydrogen-bond acceptors (Lipinski definition) is 5. The number of fused-ring (bicyclic) bond motifs is 3. The van der Waals surface area contributed by atoms with Crippen LogP contribution in [0, 0.1) is 5.41 Å². The first-order valence-electron chi connectivity index (χ1n) is 12.6. The summed E-state index contributed by atoms with van der Waals surface area (Å²) in [5.41, 5.74) is 1.66. The Balaban J connectivity index is 1.54. The zero-order chi connectivity index (χ0) is 24.0. The van der Waals surface area contributed by atoms with Gasteiger partial charge in [-0.3, -0.25) is 4.79 Å². The first kappa shape index (κ1) is 23.3. The second-order valence-corrected chi connectivity index (χ2v) is 11.7. The Morgan fingerprint density at radius 1 is 1.12 bits per heavy atom. The van der Waals surface area contributed by atoms with E-state index in [4.69, 9.17) is 21.7 Å². The molecule has 0 spiro atoms. The summed E-state index contributed by atoms with van der Waals surface area (Å²) in [6.07, 6.45) is 6.61. The van der Waals surface area contributed by atoms with Crippen molar-refractivity contribution in [3.63, 3.8) is 0 Å². The zero-order valence-corrected chi connectivity index (χ0v) is 21.5. The first-order chi connectivity index (χ1) is 16.2. The van der Waals surface area contributed by atoms with E-state index in [0.717, 1.165) is 54.3 Å². The van der Waals surface area contributed by atoms with E-state index in [1.165, 1.54) is 19.3 Å². The minimum Gasteiger partial charge on any atom is -0.338 e. The molecule has 1 unspecified atom stereocenters. The molecule has 182 valence electrons. The largest absolute Gasteiger partial charge is 0.338 e. The van der Waals surface area contributed by atoms with Crippen molar-refractivity contribution in [2.45, 2.75) is 78.2 Å². The molecule has 1 aliphatic heterocycles. The molecule has 1 amide bonds. The van der Waals surface area contributed by atoms with E-state index in [9.17, 15) is 4.79 Å². The van der Waals surface area contributed by atoms with Crippen molar-refractivity contribution in [3.8, 4) is 0 Å². The molecular formula is C26H35ClN6O. The van der Waals surface area contributed by atoms with Crippen molar-refractivity contribution in [3.05, 3.63) is 29.0 Å². The molecule has 7 nitrogen and oxygen atoms in total. The molecule has 34 heavy (non-hydrogen) atoms. The fourth-order valence-electron chi connectivity index (χ4n) is 5.51. The highest BCUT2D eigenvalue weighted by molar-refractivity contribution is 6.31. The smallest absolute Gasteiger partial charge is 0.223 e. The molecular weight excluding hydrogens is 448 g/mol. The molecule has 0 bridgehead atoms. The summed E-state index contributed by atoms with van der Waals surface area (Å²) in [5, 5.41) is 11.0. The fourth-order valence-corrected chi connectivity index (χ4v) is 5.68. The predicted octanol–water partition coefficient (Wildman–Crippen LogP) is 5.45. The number of rotatable bonds is 3. The Kier molecular flexibility index (Phi) is 6.17. The summed E-state index contributed by atoms with van der Waals surface area (Å²) in [7, 11) is 0. The van der Waals surface area contributed by atoms with E-state index in [-0.39, 0.29) is 17.4 Å². The van der Waals surface area contributed by atoms with Gasteiger partial charge in [-0.05, 0) is 43.4 Å². The zero-order valence-electron chi connectivity index (χ0n) is 20.7. The minimum absolute atomic E-state index is 0.0172. The van der Waals surface area contributed by atoms with Crippen LogP contribution in [0.25, 0.3) is 16.6 Å². The minimum atomic E-state index is -0.0172. The summed E-state index contributed by atoms with van der Waals surface area (Å²) in [6, 6.07) is 5.89. The lowest BCUT2D eigenvalue weighted by atomic mass is 9.89.